The quantitative estimate of drug-likeness (QED) is 0.860. The third-order valence-electron chi connectivity index (χ3n) is 2.65. The molecule has 0 fully saturated rings. The average molecular weight is 262 g/mol. The maximum atomic E-state index is 12.8. The fourth-order valence-corrected chi connectivity index (χ4v) is 1.69. The Hall–Kier alpha value is -2.37. The van der Waals surface area contributed by atoms with Crippen LogP contribution in [0.1, 0.15) is 5.56 Å². The predicted octanol–water partition coefficient (Wildman–Crippen LogP) is 1.86. The molecule has 1 aromatic heterocycles. The summed E-state index contributed by atoms with van der Waals surface area (Å²) in [6.07, 6.45) is 2.12. The van der Waals surface area contributed by atoms with Gasteiger partial charge >= 0.3 is 0 Å². The zero-order valence-corrected chi connectivity index (χ0v) is 10.6. The van der Waals surface area contributed by atoms with Gasteiger partial charge in [0, 0.05) is 6.54 Å². The molecule has 3 N–H and O–H groups in total. The number of anilines is 2. The smallest absolute Gasteiger partial charge is 0.203 e. The molecule has 0 aliphatic rings. The van der Waals surface area contributed by atoms with Crippen LogP contribution in [-0.4, -0.2) is 23.6 Å². The molecule has 0 amide bonds. The van der Waals surface area contributed by atoms with Crippen LogP contribution >= 0.6 is 0 Å². The van der Waals surface area contributed by atoms with Crippen LogP contribution < -0.4 is 15.8 Å². The van der Waals surface area contributed by atoms with E-state index in [1.54, 1.807) is 12.1 Å². The number of halogens is 1. The number of methoxy groups -OCH3 is 1. The van der Waals surface area contributed by atoms with Gasteiger partial charge in [-0.15, -0.1) is 0 Å². The molecule has 0 radical (unpaired) electrons. The molecule has 0 aliphatic carbocycles. The number of nitrogen functional groups attached to an aromatic ring is 1. The SMILES string of the molecule is COc1c(N)ncnc1NCCc1ccc(F)cc1. The van der Waals surface area contributed by atoms with E-state index in [1.165, 1.54) is 25.6 Å². The van der Waals surface area contributed by atoms with Gasteiger partial charge in [0.1, 0.15) is 12.1 Å². The Morgan fingerprint density at radius 3 is 2.68 bits per heavy atom. The summed E-state index contributed by atoms with van der Waals surface area (Å²) >= 11 is 0. The summed E-state index contributed by atoms with van der Waals surface area (Å²) in [5.41, 5.74) is 6.71. The highest BCUT2D eigenvalue weighted by molar-refractivity contribution is 5.61. The second-order valence-corrected chi connectivity index (χ2v) is 3.94. The summed E-state index contributed by atoms with van der Waals surface area (Å²) in [7, 11) is 1.51. The lowest BCUT2D eigenvalue weighted by atomic mass is 10.1. The number of hydrogen-bond donors (Lipinski definition) is 2. The second kappa shape index (κ2) is 5.99. The number of ether oxygens (including phenoxy) is 1. The molecule has 0 aliphatic heterocycles. The summed E-state index contributed by atoms with van der Waals surface area (Å²) < 4.78 is 17.9. The lowest BCUT2D eigenvalue weighted by molar-refractivity contribution is 0.415. The molecule has 0 atom stereocenters. The van der Waals surface area contributed by atoms with Crippen LogP contribution in [0.2, 0.25) is 0 Å². The van der Waals surface area contributed by atoms with E-state index in [-0.39, 0.29) is 5.82 Å². The third-order valence-corrected chi connectivity index (χ3v) is 2.65. The number of nitrogens with zero attached hydrogens (tertiary/aromatic N) is 2. The van der Waals surface area contributed by atoms with E-state index in [4.69, 9.17) is 10.5 Å². The number of rotatable bonds is 5. The Morgan fingerprint density at radius 1 is 1.26 bits per heavy atom. The van der Waals surface area contributed by atoms with Crippen molar-refractivity contribution in [3.05, 3.63) is 42.0 Å². The van der Waals surface area contributed by atoms with Gasteiger partial charge in [-0.1, -0.05) is 12.1 Å². The summed E-state index contributed by atoms with van der Waals surface area (Å²) in [5, 5.41) is 3.12. The van der Waals surface area contributed by atoms with Gasteiger partial charge in [0.2, 0.25) is 5.75 Å². The molecule has 0 saturated carbocycles. The van der Waals surface area contributed by atoms with Gasteiger partial charge in [0.15, 0.2) is 11.6 Å². The molecule has 1 aromatic carbocycles. The Balaban J connectivity index is 1.96. The summed E-state index contributed by atoms with van der Waals surface area (Å²) in [6.45, 7) is 0.637. The van der Waals surface area contributed by atoms with Gasteiger partial charge in [-0.25, -0.2) is 14.4 Å². The van der Waals surface area contributed by atoms with Crippen molar-refractivity contribution in [2.75, 3.05) is 24.7 Å². The molecule has 2 rings (SSSR count). The number of benzene rings is 1. The van der Waals surface area contributed by atoms with Crippen molar-refractivity contribution >= 4 is 11.6 Å². The lowest BCUT2D eigenvalue weighted by Gasteiger charge is -2.10. The van der Waals surface area contributed by atoms with E-state index in [2.05, 4.69) is 15.3 Å². The maximum Gasteiger partial charge on any atom is 0.203 e. The van der Waals surface area contributed by atoms with Gasteiger partial charge in [-0.3, -0.25) is 0 Å². The molecule has 0 saturated heterocycles. The van der Waals surface area contributed by atoms with Crippen LogP contribution in [0.25, 0.3) is 0 Å². The first-order valence-corrected chi connectivity index (χ1v) is 5.83. The minimum absolute atomic E-state index is 0.234. The summed E-state index contributed by atoms with van der Waals surface area (Å²) in [5.74, 6) is 1.04. The van der Waals surface area contributed by atoms with Crippen LogP contribution in [0.15, 0.2) is 30.6 Å². The van der Waals surface area contributed by atoms with Gasteiger partial charge in [-0.2, -0.15) is 0 Å². The number of hydrogen-bond acceptors (Lipinski definition) is 5. The fourth-order valence-electron chi connectivity index (χ4n) is 1.69. The van der Waals surface area contributed by atoms with E-state index in [1.807, 2.05) is 0 Å². The van der Waals surface area contributed by atoms with Crippen molar-refractivity contribution in [1.29, 1.82) is 0 Å². The molecule has 6 heteroatoms. The standard InChI is InChI=1S/C13H15FN4O/c1-19-11-12(15)17-8-18-13(11)16-7-6-9-2-4-10(14)5-3-9/h2-5,8H,6-7H2,1H3,(H3,15,16,17,18). The van der Waals surface area contributed by atoms with E-state index in [0.29, 0.717) is 23.9 Å². The molecule has 0 bridgehead atoms. The van der Waals surface area contributed by atoms with Gasteiger partial charge in [0.25, 0.3) is 0 Å². The first kappa shape index (κ1) is 13.1. The highest BCUT2D eigenvalue weighted by Gasteiger charge is 2.08. The maximum absolute atomic E-state index is 12.8. The first-order valence-electron chi connectivity index (χ1n) is 5.83. The molecule has 0 unspecified atom stereocenters. The highest BCUT2D eigenvalue weighted by atomic mass is 19.1. The van der Waals surface area contributed by atoms with Gasteiger partial charge < -0.3 is 15.8 Å². The average Bonchev–Trinajstić information content (AvgIpc) is 2.41. The van der Waals surface area contributed by atoms with E-state index in [0.717, 1.165) is 12.0 Å². The minimum Gasteiger partial charge on any atom is -0.490 e. The lowest BCUT2D eigenvalue weighted by Crippen LogP contribution is -2.09. The Bertz CT molecular complexity index is 545. The second-order valence-electron chi connectivity index (χ2n) is 3.94. The van der Waals surface area contributed by atoms with Crippen molar-refractivity contribution in [2.24, 2.45) is 0 Å². The minimum atomic E-state index is -0.234. The predicted molar refractivity (Wildman–Crippen MR) is 71.6 cm³/mol. The van der Waals surface area contributed by atoms with E-state index < -0.39 is 0 Å². The molecule has 1 heterocycles. The van der Waals surface area contributed by atoms with Crippen LogP contribution in [-0.2, 0) is 6.42 Å². The Labute approximate surface area is 110 Å². The van der Waals surface area contributed by atoms with Crippen LogP contribution in [0.3, 0.4) is 0 Å². The van der Waals surface area contributed by atoms with Gasteiger partial charge in [0.05, 0.1) is 7.11 Å². The topological polar surface area (TPSA) is 73.1 Å². The summed E-state index contributed by atoms with van der Waals surface area (Å²) in [4.78, 5) is 7.91. The molecule has 0 spiro atoms. The Kier molecular flexibility index (Phi) is 4.12. The molecule has 19 heavy (non-hydrogen) atoms. The van der Waals surface area contributed by atoms with Gasteiger partial charge in [-0.05, 0) is 24.1 Å². The molecule has 2 aromatic rings. The molecule has 100 valence electrons. The Morgan fingerprint density at radius 2 is 2.00 bits per heavy atom. The van der Waals surface area contributed by atoms with Crippen LogP contribution in [0.5, 0.6) is 5.75 Å². The molecular weight excluding hydrogens is 247 g/mol. The van der Waals surface area contributed by atoms with Crippen molar-refractivity contribution in [3.63, 3.8) is 0 Å². The number of nitrogens with one attached hydrogen (secondary N) is 1. The molecular formula is C13H15FN4O. The zero-order valence-electron chi connectivity index (χ0n) is 10.6. The van der Waals surface area contributed by atoms with Crippen LogP contribution in [0.4, 0.5) is 16.0 Å². The van der Waals surface area contributed by atoms with E-state index >= 15 is 0 Å². The van der Waals surface area contributed by atoms with Crippen molar-refractivity contribution < 1.29 is 9.13 Å². The first-order chi connectivity index (χ1) is 9.20. The third kappa shape index (κ3) is 3.31. The normalized spacial score (nSPS) is 10.2. The highest BCUT2D eigenvalue weighted by Crippen LogP contribution is 2.25. The zero-order chi connectivity index (χ0) is 13.7. The van der Waals surface area contributed by atoms with E-state index in [9.17, 15) is 4.39 Å². The van der Waals surface area contributed by atoms with Crippen molar-refractivity contribution in [2.45, 2.75) is 6.42 Å². The monoisotopic (exact) mass is 262 g/mol. The number of nitrogens with two attached hydrogens (primary N) is 1. The number of aromatic nitrogens is 2. The fraction of sp³-hybridized carbons (Fsp3) is 0.231. The van der Waals surface area contributed by atoms with Crippen molar-refractivity contribution in [1.82, 2.24) is 9.97 Å². The summed E-state index contributed by atoms with van der Waals surface area (Å²) in [6, 6.07) is 6.39. The van der Waals surface area contributed by atoms with Crippen LogP contribution in [0, 0.1) is 5.82 Å². The molecule has 5 nitrogen and oxygen atoms in total. The largest absolute Gasteiger partial charge is 0.490 e. The van der Waals surface area contributed by atoms with Crippen molar-refractivity contribution in [3.8, 4) is 5.75 Å².